The lowest BCUT2D eigenvalue weighted by atomic mass is 10.00. The van der Waals surface area contributed by atoms with Crippen molar-refractivity contribution in [1.29, 1.82) is 0 Å². The number of rotatable bonds is 4. The molecule has 1 saturated heterocycles. The minimum atomic E-state index is 0. The zero-order valence-electron chi connectivity index (χ0n) is 18.9. The molecule has 0 aromatic heterocycles. The van der Waals surface area contributed by atoms with E-state index in [1.807, 2.05) is 11.0 Å². The number of hydrogen-bond acceptors (Lipinski definition) is 3. The van der Waals surface area contributed by atoms with Crippen LogP contribution in [0.3, 0.4) is 0 Å². The number of benzene rings is 2. The number of nitrogens with zero attached hydrogens (tertiary/aromatic N) is 3. The summed E-state index contributed by atoms with van der Waals surface area (Å²) >= 11 is 0. The molecule has 2 aromatic carbocycles. The topological polar surface area (TPSA) is 57.2 Å². The molecule has 172 valence electrons. The SMILES string of the molecule is CCNC(=NCC(=O)N1CCc2ccccc2C1)N1CCOC(c2ccccc2C)C1.I. The molecule has 0 radical (unpaired) electrons. The number of amides is 1. The molecule has 2 heterocycles. The molecule has 6 nitrogen and oxygen atoms in total. The van der Waals surface area contributed by atoms with Crippen molar-refractivity contribution in [2.24, 2.45) is 4.99 Å². The van der Waals surface area contributed by atoms with Crippen LogP contribution < -0.4 is 5.32 Å². The second-order valence-electron chi connectivity index (χ2n) is 8.17. The van der Waals surface area contributed by atoms with Crippen molar-refractivity contribution in [1.82, 2.24) is 15.1 Å². The fourth-order valence-corrected chi connectivity index (χ4v) is 4.35. The number of halogens is 1. The lowest BCUT2D eigenvalue weighted by Crippen LogP contribution is -2.48. The molecule has 2 aromatic rings. The van der Waals surface area contributed by atoms with Crippen LogP contribution in [0.15, 0.2) is 53.5 Å². The van der Waals surface area contributed by atoms with E-state index in [0.717, 1.165) is 38.6 Å². The van der Waals surface area contributed by atoms with Crippen molar-refractivity contribution in [3.8, 4) is 0 Å². The highest BCUT2D eigenvalue weighted by Gasteiger charge is 2.26. The van der Waals surface area contributed by atoms with E-state index in [-0.39, 0.29) is 42.5 Å². The lowest BCUT2D eigenvalue weighted by molar-refractivity contribution is -0.130. The molecular weight excluding hydrogens is 515 g/mol. The first-order chi connectivity index (χ1) is 15.2. The fourth-order valence-electron chi connectivity index (χ4n) is 4.35. The largest absolute Gasteiger partial charge is 0.370 e. The highest BCUT2D eigenvalue weighted by molar-refractivity contribution is 14.0. The van der Waals surface area contributed by atoms with E-state index in [9.17, 15) is 4.79 Å². The van der Waals surface area contributed by atoms with Crippen LogP contribution >= 0.6 is 24.0 Å². The Hall–Kier alpha value is -2.13. The van der Waals surface area contributed by atoms with Gasteiger partial charge in [0.25, 0.3) is 0 Å². The molecule has 1 N–H and O–H groups in total. The van der Waals surface area contributed by atoms with Crippen molar-refractivity contribution in [3.63, 3.8) is 0 Å². The summed E-state index contributed by atoms with van der Waals surface area (Å²) in [5, 5.41) is 3.36. The van der Waals surface area contributed by atoms with E-state index in [1.165, 1.54) is 22.3 Å². The molecule has 2 aliphatic rings. The minimum Gasteiger partial charge on any atom is -0.370 e. The third-order valence-corrected chi connectivity index (χ3v) is 6.08. The van der Waals surface area contributed by atoms with Gasteiger partial charge in [-0.2, -0.15) is 0 Å². The standard InChI is InChI=1S/C25H32N4O2.HI/c1-3-26-25(29-14-15-31-23(18-29)22-11-7-4-8-19(22)2)27-16-24(30)28-13-12-20-9-5-6-10-21(20)17-28;/h4-11,23H,3,12-18H2,1-2H3,(H,26,27);1H. The molecule has 0 spiro atoms. The average Bonchev–Trinajstić information content (AvgIpc) is 2.81. The van der Waals surface area contributed by atoms with E-state index in [4.69, 9.17) is 9.73 Å². The molecule has 0 saturated carbocycles. The summed E-state index contributed by atoms with van der Waals surface area (Å²) in [6.07, 6.45) is 0.917. The van der Waals surface area contributed by atoms with Gasteiger partial charge in [0, 0.05) is 26.2 Å². The van der Waals surface area contributed by atoms with Gasteiger partial charge in [-0.1, -0.05) is 48.5 Å². The third kappa shape index (κ3) is 5.81. The first kappa shape index (κ1) is 24.5. The maximum absolute atomic E-state index is 12.9. The minimum absolute atomic E-state index is 0. The highest BCUT2D eigenvalue weighted by atomic mass is 127. The predicted molar refractivity (Wildman–Crippen MR) is 138 cm³/mol. The Morgan fingerprint density at radius 3 is 2.62 bits per heavy atom. The maximum Gasteiger partial charge on any atom is 0.244 e. The molecule has 1 unspecified atom stereocenters. The summed E-state index contributed by atoms with van der Waals surface area (Å²) in [4.78, 5) is 21.7. The monoisotopic (exact) mass is 548 g/mol. The Morgan fingerprint density at radius 2 is 1.84 bits per heavy atom. The zero-order valence-corrected chi connectivity index (χ0v) is 21.2. The van der Waals surface area contributed by atoms with E-state index in [1.54, 1.807) is 0 Å². The van der Waals surface area contributed by atoms with Crippen LogP contribution in [0.25, 0.3) is 0 Å². The Bertz CT molecular complexity index is 949. The summed E-state index contributed by atoms with van der Waals surface area (Å²) in [6.45, 7) is 8.66. The normalized spacial score (nSPS) is 18.6. The smallest absolute Gasteiger partial charge is 0.244 e. The van der Waals surface area contributed by atoms with Crippen molar-refractivity contribution in [2.45, 2.75) is 32.9 Å². The number of aliphatic imine (C=N–C) groups is 1. The summed E-state index contributed by atoms with van der Waals surface area (Å²) in [5.74, 6) is 0.865. The number of aryl methyl sites for hydroxylation is 1. The van der Waals surface area contributed by atoms with Crippen LogP contribution in [-0.2, 0) is 22.5 Å². The molecule has 0 bridgehead atoms. The first-order valence-electron chi connectivity index (χ1n) is 11.2. The highest BCUT2D eigenvalue weighted by Crippen LogP contribution is 2.25. The van der Waals surface area contributed by atoms with Gasteiger partial charge in [0.1, 0.15) is 12.6 Å². The lowest BCUT2D eigenvalue weighted by Gasteiger charge is -2.36. The Morgan fingerprint density at radius 1 is 1.09 bits per heavy atom. The Balaban J connectivity index is 0.00000289. The summed E-state index contributed by atoms with van der Waals surface area (Å²) < 4.78 is 6.06. The fraction of sp³-hybridized carbons (Fsp3) is 0.440. The molecular formula is C25H33IN4O2. The Labute approximate surface area is 208 Å². The number of nitrogens with one attached hydrogen (secondary N) is 1. The van der Waals surface area contributed by atoms with Crippen LogP contribution in [0, 0.1) is 6.92 Å². The van der Waals surface area contributed by atoms with Gasteiger partial charge < -0.3 is 19.9 Å². The van der Waals surface area contributed by atoms with E-state index >= 15 is 0 Å². The maximum atomic E-state index is 12.9. The van der Waals surface area contributed by atoms with Crippen LogP contribution in [-0.4, -0.2) is 61.0 Å². The molecule has 7 heteroatoms. The molecule has 32 heavy (non-hydrogen) atoms. The van der Waals surface area contributed by atoms with Crippen LogP contribution in [0.4, 0.5) is 0 Å². The number of fused-ring (bicyclic) bond motifs is 1. The van der Waals surface area contributed by atoms with Crippen LogP contribution in [0.2, 0.25) is 0 Å². The van der Waals surface area contributed by atoms with Gasteiger partial charge in [-0.05, 0) is 42.5 Å². The number of carbonyl (C=O) groups excluding carboxylic acids is 1. The number of carbonyl (C=O) groups is 1. The molecule has 1 amide bonds. The van der Waals surface area contributed by atoms with Gasteiger partial charge in [0.2, 0.25) is 5.91 Å². The third-order valence-electron chi connectivity index (χ3n) is 6.08. The van der Waals surface area contributed by atoms with Gasteiger partial charge in [0.15, 0.2) is 5.96 Å². The van der Waals surface area contributed by atoms with E-state index < -0.39 is 0 Å². The number of hydrogen-bond donors (Lipinski definition) is 1. The molecule has 2 aliphatic heterocycles. The second-order valence-corrected chi connectivity index (χ2v) is 8.17. The molecule has 1 fully saturated rings. The van der Waals surface area contributed by atoms with Gasteiger partial charge in [0.05, 0.1) is 13.2 Å². The zero-order chi connectivity index (χ0) is 21.6. The Kier molecular flexibility index (Phi) is 8.92. The predicted octanol–water partition coefficient (Wildman–Crippen LogP) is 3.54. The van der Waals surface area contributed by atoms with Crippen molar-refractivity contribution in [2.75, 3.05) is 39.3 Å². The first-order valence-corrected chi connectivity index (χ1v) is 11.2. The molecule has 1 atom stereocenters. The van der Waals surface area contributed by atoms with E-state index in [0.29, 0.717) is 13.2 Å². The van der Waals surface area contributed by atoms with Gasteiger partial charge in [-0.25, -0.2) is 4.99 Å². The van der Waals surface area contributed by atoms with Gasteiger partial charge >= 0.3 is 0 Å². The number of morpholine rings is 1. The summed E-state index contributed by atoms with van der Waals surface area (Å²) in [5.41, 5.74) is 5.04. The number of ether oxygens (including phenoxy) is 1. The van der Waals surface area contributed by atoms with Crippen LogP contribution in [0.5, 0.6) is 0 Å². The van der Waals surface area contributed by atoms with Gasteiger partial charge in [-0.3, -0.25) is 4.79 Å². The van der Waals surface area contributed by atoms with Crippen molar-refractivity contribution >= 4 is 35.8 Å². The molecule has 0 aliphatic carbocycles. The average molecular weight is 548 g/mol. The summed E-state index contributed by atoms with van der Waals surface area (Å²) in [6, 6.07) is 16.7. The van der Waals surface area contributed by atoms with Gasteiger partial charge in [-0.15, -0.1) is 24.0 Å². The van der Waals surface area contributed by atoms with E-state index in [2.05, 4.69) is 66.5 Å². The van der Waals surface area contributed by atoms with Crippen molar-refractivity contribution in [3.05, 3.63) is 70.8 Å². The quantitative estimate of drug-likeness (QED) is 0.361. The summed E-state index contributed by atoms with van der Waals surface area (Å²) in [7, 11) is 0. The van der Waals surface area contributed by atoms with Crippen molar-refractivity contribution < 1.29 is 9.53 Å². The second kappa shape index (κ2) is 11.7. The molecule has 4 rings (SSSR count). The van der Waals surface area contributed by atoms with Crippen LogP contribution in [0.1, 0.15) is 35.3 Å². The number of guanidine groups is 1.